The van der Waals surface area contributed by atoms with Gasteiger partial charge in [-0.05, 0) is 98.7 Å². The third-order valence-corrected chi connectivity index (χ3v) is 12.2. The average molecular weight is 615 g/mol. The highest BCUT2D eigenvalue weighted by molar-refractivity contribution is 7.90. The van der Waals surface area contributed by atoms with Crippen LogP contribution in [0.15, 0.2) is 36.4 Å². The molecule has 2 aromatic rings. The van der Waals surface area contributed by atoms with Gasteiger partial charge in [0.05, 0.1) is 31.1 Å². The number of hydrogen-bond donors (Lipinski definition) is 1. The molecule has 3 aliphatic heterocycles. The first-order valence-electron chi connectivity index (χ1n) is 15.3. The molecule has 0 radical (unpaired) electrons. The maximum absolute atomic E-state index is 13.3. The minimum Gasteiger partial charge on any atom is -0.490 e. The predicted molar refractivity (Wildman–Crippen MR) is 161 cm³/mol. The van der Waals surface area contributed by atoms with Crippen LogP contribution in [0.3, 0.4) is 0 Å². The minimum atomic E-state index is -3.93. The van der Waals surface area contributed by atoms with Gasteiger partial charge in [0.25, 0.3) is 5.91 Å². The molecule has 1 N–H and O–H groups in total. The van der Waals surface area contributed by atoms with Gasteiger partial charge in [0.1, 0.15) is 11.0 Å². The maximum Gasteiger partial charge on any atom is 0.264 e. The van der Waals surface area contributed by atoms with Crippen LogP contribution in [0, 0.1) is 11.8 Å². The van der Waals surface area contributed by atoms with Gasteiger partial charge in [-0.2, -0.15) is 0 Å². The number of hydrogen-bond acceptors (Lipinski definition) is 7. The van der Waals surface area contributed by atoms with Crippen LogP contribution in [0.2, 0.25) is 5.02 Å². The number of anilines is 1. The molecule has 6 atom stereocenters. The van der Waals surface area contributed by atoms with Gasteiger partial charge in [0.2, 0.25) is 10.0 Å². The van der Waals surface area contributed by atoms with Crippen molar-refractivity contribution in [1.29, 1.82) is 0 Å². The topological polar surface area (TPSA) is 94.2 Å². The third kappa shape index (κ3) is 5.20. The number of fused-ring (bicyclic) bond motifs is 7. The van der Waals surface area contributed by atoms with E-state index in [0.717, 1.165) is 74.5 Å². The van der Waals surface area contributed by atoms with Crippen molar-refractivity contribution in [3.05, 3.63) is 58.1 Å². The lowest BCUT2D eigenvalue weighted by Gasteiger charge is -2.48. The Morgan fingerprint density at radius 3 is 2.81 bits per heavy atom. The van der Waals surface area contributed by atoms with Gasteiger partial charge < -0.3 is 19.1 Å². The minimum absolute atomic E-state index is 0.0364. The number of halogens is 1. The van der Waals surface area contributed by atoms with Gasteiger partial charge in [-0.3, -0.25) is 4.79 Å². The van der Waals surface area contributed by atoms with Crippen LogP contribution in [0.25, 0.3) is 0 Å². The number of nitrogens with zero attached hydrogens (tertiary/aromatic N) is 1. The molecule has 1 amide bonds. The molecule has 0 unspecified atom stereocenters. The van der Waals surface area contributed by atoms with Crippen LogP contribution < -0.4 is 14.4 Å². The molecule has 1 saturated heterocycles. The Balaban J connectivity index is 1.29. The predicted octanol–water partition coefficient (Wildman–Crippen LogP) is 4.87. The molecule has 2 aliphatic carbocycles. The molecule has 10 heteroatoms. The van der Waals surface area contributed by atoms with E-state index in [-0.39, 0.29) is 24.2 Å². The normalized spacial score (nSPS) is 34.2. The lowest BCUT2D eigenvalue weighted by molar-refractivity contribution is -0.116. The Morgan fingerprint density at radius 1 is 1.10 bits per heavy atom. The van der Waals surface area contributed by atoms with Crippen molar-refractivity contribution in [2.75, 3.05) is 37.8 Å². The van der Waals surface area contributed by atoms with Crippen LogP contribution >= 0.6 is 11.6 Å². The highest BCUT2D eigenvalue weighted by Crippen LogP contribution is 2.47. The van der Waals surface area contributed by atoms with Crippen molar-refractivity contribution in [2.45, 2.75) is 74.7 Å². The number of carbonyl (C=O) groups is 1. The Morgan fingerprint density at radius 2 is 1.98 bits per heavy atom. The van der Waals surface area contributed by atoms with Crippen molar-refractivity contribution in [2.24, 2.45) is 11.8 Å². The van der Waals surface area contributed by atoms with Crippen LogP contribution in [-0.2, 0) is 31.3 Å². The van der Waals surface area contributed by atoms with Gasteiger partial charge in [-0.25, -0.2) is 13.1 Å². The van der Waals surface area contributed by atoms with Crippen LogP contribution in [0.5, 0.6) is 5.75 Å². The Labute approximate surface area is 253 Å². The molecule has 4 bridgehead atoms. The SMILES string of the molecule is C[C@@H]1CO[C@@H]2CCO[C@H](C2)[C@@H]2CC[C@H]2CN2C[C@@]3(CCCc4cc(Cl)ccc43)COc3ccc(cc32)C(=O)NS1(=O)=O. The highest BCUT2D eigenvalue weighted by atomic mass is 35.5. The second-order valence-electron chi connectivity index (χ2n) is 13.0. The highest BCUT2D eigenvalue weighted by Gasteiger charge is 2.45. The summed E-state index contributed by atoms with van der Waals surface area (Å²) >= 11 is 6.41. The quantitative estimate of drug-likeness (QED) is 0.453. The van der Waals surface area contributed by atoms with Crippen molar-refractivity contribution < 1.29 is 27.4 Å². The summed E-state index contributed by atoms with van der Waals surface area (Å²) in [5, 5.41) is -0.117. The number of nitrogens with one attached hydrogen (secondary N) is 1. The molecule has 8 nitrogen and oxygen atoms in total. The zero-order valence-corrected chi connectivity index (χ0v) is 25.6. The van der Waals surface area contributed by atoms with Gasteiger partial charge in [0.15, 0.2) is 0 Å². The molecule has 5 aliphatic rings. The first kappa shape index (κ1) is 28.4. The summed E-state index contributed by atoms with van der Waals surface area (Å²) in [5.41, 5.74) is 3.48. The molecule has 1 saturated carbocycles. The van der Waals surface area contributed by atoms with Crippen LogP contribution in [0.4, 0.5) is 5.69 Å². The molecule has 7 rings (SSSR count). The summed E-state index contributed by atoms with van der Waals surface area (Å²) in [6.07, 6.45) is 6.83. The Hall–Kier alpha value is -2.33. The monoisotopic (exact) mass is 614 g/mol. The molecule has 3 heterocycles. The number of amides is 1. The van der Waals surface area contributed by atoms with E-state index in [1.807, 2.05) is 12.1 Å². The Kier molecular flexibility index (Phi) is 7.44. The molecule has 2 fully saturated rings. The van der Waals surface area contributed by atoms with E-state index >= 15 is 0 Å². The third-order valence-electron chi connectivity index (χ3n) is 10.3. The fourth-order valence-corrected chi connectivity index (χ4v) is 8.77. The van der Waals surface area contributed by atoms with Gasteiger partial charge in [-0.15, -0.1) is 0 Å². The number of aryl methyl sites for hydroxylation is 1. The molecular weight excluding hydrogens is 576 g/mol. The van der Waals surface area contributed by atoms with Crippen LogP contribution in [-0.4, -0.2) is 64.7 Å². The van der Waals surface area contributed by atoms with Crippen molar-refractivity contribution in [1.82, 2.24) is 4.72 Å². The largest absolute Gasteiger partial charge is 0.490 e. The summed E-state index contributed by atoms with van der Waals surface area (Å²) in [6.45, 7) is 4.32. The molecule has 2 aromatic carbocycles. The summed E-state index contributed by atoms with van der Waals surface area (Å²) in [5.74, 6) is 0.939. The van der Waals surface area contributed by atoms with Crippen molar-refractivity contribution in [3.8, 4) is 5.75 Å². The lowest BCUT2D eigenvalue weighted by Crippen LogP contribution is -2.51. The summed E-state index contributed by atoms with van der Waals surface area (Å²) in [7, 11) is -3.93. The van der Waals surface area contributed by atoms with Crippen molar-refractivity contribution in [3.63, 3.8) is 0 Å². The van der Waals surface area contributed by atoms with Gasteiger partial charge >= 0.3 is 0 Å². The summed E-state index contributed by atoms with van der Waals surface area (Å²) in [4.78, 5) is 15.7. The van der Waals surface area contributed by atoms with E-state index in [1.165, 1.54) is 11.1 Å². The molecule has 42 heavy (non-hydrogen) atoms. The van der Waals surface area contributed by atoms with Gasteiger partial charge in [-0.1, -0.05) is 17.7 Å². The first-order valence-corrected chi connectivity index (χ1v) is 17.2. The maximum atomic E-state index is 13.3. The number of sulfonamides is 1. The average Bonchev–Trinajstić information content (AvgIpc) is 3.10. The number of carbonyl (C=O) groups excluding carboxylic acids is 1. The van der Waals surface area contributed by atoms with E-state index in [9.17, 15) is 13.2 Å². The second kappa shape index (κ2) is 11.0. The molecule has 0 aromatic heterocycles. The van der Waals surface area contributed by atoms with E-state index in [1.54, 1.807) is 19.1 Å². The smallest absolute Gasteiger partial charge is 0.264 e. The Bertz CT molecular complexity index is 1480. The fraction of sp³-hybridized carbons (Fsp3) is 0.594. The summed E-state index contributed by atoms with van der Waals surface area (Å²) in [6, 6.07) is 11.5. The number of rotatable bonds is 0. The lowest BCUT2D eigenvalue weighted by atomic mass is 9.67. The zero-order valence-electron chi connectivity index (χ0n) is 24.0. The summed E-state index contributed by atoms with van der Waals surface area (Å²) < 4.78 is 47.5. The molecule has 1 spiro atoms. The zero-order chi connectivity index (χ0) is 29.1. The second-order valence-corrected chi connectivity index (χ2v) is 15.5. The van der Waals surface area contributed by atoms with E-state index in [2.05, 4.69) is 21.8 Å². The van der Waals surface area contributed by atoms with Gasteiger partial charge in [0, 0.05) is 42.1 Å². The molecule has 226 valence electrons. The number of benzene rings is 2. The van der Waals surface area contributed by atoms with Crippen LogP contribution in [0.1, 0.15) is 66.9 Å². The van der Waals surface area contributed by atoms with E-state index < -0.39 is 21.2 Å². The standard InChI is InChI=1S/C32H39ClN2O6S/c1-20-17-40-25-10-12-39-30(15-25)26-7-4-23(26)16-35-18-32(11-2-3-21-13-24(33)6-8-27(21)32)19-41-29-9-5-22(14-28(29)35)31(36)34-42(20,37)38/h5-6,8-9,13-14,20,23,25-26,30H,2-4,7,10-12,15-19H2,1H3,(H,34,36)/t20-,23+,25-,26-,30-,32+/m1/s1. The van der Waals surface area contributed by atoms with Crippen molar-refractivity contribution >= 4 is 33.2 Å². The first-order chi connectivity index (χ1) is 20.2. The number of ether oxygens (including phenoxy) is 3. The van der Waals surface area contributed by atoms with E-state index in [4.69, 9.17) is 25.8 Å². The fourth-order valence-electron chi connectivity index (χ4n) is 7.74. The molecular formula is C32H39ClN2O6S. The van der Waals surface area contributed by atoms with E-state index in [0.29, 0.717) is 30.6 Å².